The number of rotatable bonds is 9. The van der Waals surface area contributed by atoms with Gasteiger partial charge in [-0.3, -0.25) is 13.9 Å². The second-order valence-corrected chi connectivity index (χ2v) is 9.67. The summed E-state index contributed by atoms with van der Waals surface area (Å²) in [5.74, 6) is -0.803. The van der Waals surface area contributed by atoms with E-state index < -0.39 is 28.5 Å². The number of amides is 2. The van der Waals surface area contributed by atoms with Crippen molar-refractivity contribution in [1.29, 1.82) is 0 Å². The van der Waals surface area contributed by atoms with Crippen LogP contribution in [0.15, 0.2) is 48.5 Å². The Morgan fingerprint density at radius 3 is 2.39 bits per heavy atom. The van der Waals surface area contributed by atoms with Crippen molar-refractivity contribution < 1.29 is 18.0 Å². The molecule has 1 atom stereocenters. The van der Waals surface area contributed by atoms with Gasteiger partial charge in [0.1, 0.15) is 12.6 Å². The van der Waals surface area contributed by atoms with Crippen molar-refractivity contribution in [3.8, 4) is 0 Å². The van der Waals surface area contributed by atoms with Gasteiger partial charge in [-0.15, -0.1) is 0 Å². The zero-order valence-corrected chi connectivity index (χ0v) is 19.7. The molecule has 0 saturated carbocycles. The van der Waals surface area contributed by atoms with Crippen LogP contribution < -0.4 is 9.62 Å². The van der Waals surface area contributed by atoms with Crippen LogP contribution in [0.4, 0.5) is 5.69 Å². The van der Waals surface area contributed by atoms with E-state index in [1.807, 2.05) is 31.2 Å². The lowest BCUT2D eigenvalue weighted by atomic mass is 10.1. The third-order valence-electron chi connectivity index (χ3n) is 4.73. The van der Waals surface area contributed by atoms with E-state index >= 15 is 0 Å². The lowest BCUT2D eigenvalue weighted by Crippen LogP contribution is -2.51. The summed E-state index contributed by atoms with van der Waals surface area (Å²) < 4.78 is 25.9. The Balaban J connectivity index is 2.38. The predicted molar refractivity (Wildman–Crippen MR) is 124 cm³/mol. The Bertz CT molecular complexity index is 1040. The Hall–Kier alpha value is -2.58. The number of nitrogens with zero attached hydrogens (tertiary/aromatic N) is 2. The fraction of sp³-hybridized carbons (Fsp3) is 0.364. The summed E-state index contributed by atoms with van der Waals surface area (Å²) in [6.45, 7) is 5.51. The number of sulfonamides is 1. The maximum atomic E-state index is 13.3. The Morgan fingerprint density at radius 1 is 1.13 bits per heavy atom. The van der Waals surface area contributed by atoms with Gasteiger partial charge in [-0.25, -0.2) is 8.42 Å². The highest BCUT2D eigenvalue weighted by molar-refractivity contribution is 7.92. The summed E-state index contributed by atoms with van der Waals surface area (Å²) in [5.41, 5.74) is 2.15. The van der Waals surface area contributed by atoms with Crippen LogP contribution in [0.25, 0.3) is 0 Å². The van der Waals surface area contributed by atoms with Crippen molar-refractivity contribution >= 4 is 39.1 Å². The molecule has 9 heteroatoms. The zero-order chi connectivity index (χ0) is 23.2. The fourth-order valence-electron chi connectivity index (χ4n) is 3.16. The molecule has 31 heavy (non-hydrogen) atoms. The average molecular weight is 466 g/mol. The van der Waals surface area contributed by atoms with Crippen LogP contribution in [0.1, 0.15) is 25.0 Å². The number of anilines is 1. The van der Waals surface area contributed by atoms with Crippen molar-refractivity contribution in [3.05, 3.63) is 64.7 Å². The van der Waals surface area contributed by atoms with E-state index in [1.54, 1.807) is 32.0 Å². The van der Waals surface area contributed by atoms with Crippen LogP contribution in [-0.4, -0.2) is 50.5 Å². The monoisotopic (exact) mass is 465 g/mol. The molecule has 0 fully saturated rings. The number of carbonyl (C=O) groups excluding carboxylic acids is 2. The Kier molecular flexibility index (Phi) is 8.47. The molecule has 2 amide bonds. The molecule has 0 aliphatic heterocycles. The van der Waals surface area contributed by atoms with E-state index in [4.69, 9.17) is 11.6 Å². The molecule has 0 saturated heterocycles. The molecule has 0 radical (unpaired) electrons. The average Bonchev–Trinajstić information content (AvgIpc) is 2.69. The molecule has 0 bridgehead atoms. The maximum Gasteiger partial charge on any atom is 0.244 e. The van der Waals surface area contributed by atoms with Crippen molar-refractivity contribution in [1.82, 2.24) is 10.2 Å². The number of hydrogen-bond donors (Lipinski definition) is 1. The third-order valence-corrected chi connectivity index (χ3v) is 6.10. The molecular formula is C22H28ClN3O4S. The van der Waals surface area contributed by atoms with Gasteiger partial charge >= 0.3 is 0 Å². The number of benzene rings is 2. The SMILES string of the molecule is CCNC(=O)[C@H](C)N(Cc1cccc(C)c1)C(=O)CN(c1cccc(Cl)c1)S(C)(=O)=O. The minimum absolute atomic E-state index is 0.173. The van der Waals surface area contributed by atoms with E-state index in [2.05, 4.69) is 5.32 Å². The molecule has 0 aromatic heterocycles. The number of halogens is 1. The second kappa shape index (κ2) is 10.6. The topological polar surface area (TPSA) is 86.8 Å². The largest absolute Gasteiger partial charge is 0.355 e. The summed E-state index contributed by atoms with van der Waals surface area (Å²) in [6, 6.07) is 13.1. The van der Waals surface area contributed by atoms with Gasteiger partial charge in [-0.1, -0.05) is 47.5 Å². The number of nitrogens with one attached hydrogen (secondary N) is 1. The normalized spacial score (nSPS) is 12.2. The first-order valence-corrected chi connectivity index (χ1v) is 12.1. The lowest BCUT2D eigenvalue weighted by Gasteiger charge is -2.31. The molecule has 1 N–H and O–H groups in total. The van der Waals surface area contributed by atoms with E-state index in [9.17, 15) is 18.0 Å². The number of hydrogen-bond acceptors (Lipinski definition) is 4. The molecule has 0 spiro atoms. The van der Waals surface area contributed by atoms with Crippen LogP contribution in [0, 0.1) is 6.92 Å². The second-order valence-electron chi connectivity index (χ2n) is 7.33. The summed E-state index contributed by atoms with van der Waals surface area (Å²) in [4.78, 5) is 27.2. The summed E-state index contributed by atoms with van der Waals surface area (Å²) in [7, 11) is -3.77. The van der Waals surface area contributed by atoms with E-state index in [0.29, 0.717) is 11.6 Å². The Morgan fingerprint density at radius 2 is 1.81 bits per heavy atom. The van der Waals surface area contributed by atoms with Crippen LogP contribution >= 0.6 is 11.6 Å². The summed E-state index contributed by atoms with van der Waals surface area (Å²) >= 11 is 6.02. The fourth-order valence-corrected chi connectivity index (χ4v) is 4.18. The molecule has 2 aromatic carbocycles. The van der Waals surface area contributed by atoms with Gasteiger partial charge < -0.3 is 10.2 Å². The van der Waals surface area contributed by atoms with Crippen LogP contribution in [0.5, 0.6) is 0 Å². The first-order valence-electron chi connectivity index (χ1n) is 9.89. The summed E-state index contributed by atoms with van der Waals surface area (Å²) in [5, 5.41) is 3.07. The molecule has 168 valence electrons. The number of carbonyl (C=O) groups is 2. The van der Waals surface area contributed by atoms with Gasteiger partial charge in [0.25, 0.3) is 0 Å². The molecule has 0 heterocycles. The quantitative estimate of drug-likeness (QED) is 0.616. The van der Waals surface area contributed by atoms with Crippen molar-refractivity contribution in [2.75, 3.05) is 23.7 Å². The highest BCUT2D eigenvalue weighted by Crippen LogP contribution is 2.22. The molecule has 2 aromatic rings. The number of aryl methyl sites for hydroxylation is 1. The van der Waals surface area contributed by atoms with Gasteiger partial charge in [0.2, 0.25) is 21.8 Å². The smallest absolute Gasteiger partial charge is 0.244 e. The van der Waals surface area contributed by atoms with Crippen molar-refractivity contribution in [2.45, 2.75) is 33.4 Å². The minimum atomic E-state index is -3.77. The molecule has 7 nitrogen and oxygen atoms in total. The van der Waals surface area contributed by atoms with Gasteiger partial charge in [0.15, 0.2) is 0 Å². The number of likely N-dealkylation sites (N-methyl/N-ethyl adjacent to an activating group) is 1. The van der Waals surface area contributed by atoms with Gasteiger partial charge in [-0.05, 0) is 44.5 Å². The van der Waals surface area contributed by atoms with Gasteiger partial charge in [0.05, 0.1) is 11.9 Å². The molecular weight excluding hydrogens is 438 g/mol. The lowest BCUT2D eigenvalue weighted by molar-refractivity contribution is -0.139. The molecule has 0 aliphatic carbocycles. The van der Waals surface area contributed by atoms with Crippen molar-refractivity contribution in [2.24, 2.45) is 0 Å². The first kappa shape index (κ1) is 24.7. The van der Waals surface area contributed by atoms with E-state index in [-0.39, 0.29) is 18.1 Å². The van der Waals surface area contributed by atoms with Crippen molar-refractivity contribution in [3.63, 3.8) is 0 Å². The molecule has 0 unspecified atom stereocenters. The highest BCUT2D eigenvalue weighted by atomic mass is 35.5. The third kappa shape index (κ3) is 6.97. The Labute approximate surface area is 189 Å². The highest BCUT2D eigenvalue weighted by Gasteiger charge is 2.29. The molecule has 2 rings (SSSR count). The van der Waals surface area contributed by atoms with E-state index in [1.165, 1.54) is 11.0 Å². The van der Waals surface area contributed by atoms with Crippen LogP contribution in [-0.2, 0) is 26.2 Å². The van der Waals surface area contributed by atoms with Gasteiger partial charge in [-0.2, -0.15) is 0 Å². The summed E-state index contributed by atoms with van der Waals surface area (Å²) in [6.07, 6.45) is 1.03. The van der Waals surface area contributed by atoms with Crippen LogP contribution in [0.2, 0.25) is 5.02 Å². The predicted octanol–water partition coefficient (Wildman–Crippen LogP) is 2.97. The van der Waals surface area contributed by atoms with Gasteiger partial charge in [0, 0.05) is 18.1 Å². The van der Waals surface area contributed by atoms with Crippen LogP contribution in [0.3, 0.4) is 0 Å². The maximum absolute atomic E-state index is 13.3. The minimum Gasteiger partial charge on any atom is -0.355 e. The molecule has 0 aliphatic rings. The zero-order valence-electron chi connectivity index (χ0n) is 18.1. The first-order chi connectivity index (χ1) is 14.5. The van der Waals surface area contributed by atoms with E-state index in [0.717, 1.165) is 21.7 Å². The standard InChI is InChI=1S/C22H28ClN3O4S/c1-5-24-22(28)17(3)25(14-18-9-6-8-16(2)12-18)21(27)15-26(31(4,29)30)20-11-7-10-19(23)13-20/h6-13,17H,5,14-15H2,1-4H3,(H,24,28)/t17-/m0/s1.